The van der Waals surface area contributed by atoms with Crippen molar-refractivity contribution < 1.29 is 4.39 Å². The van der Waals surface area contributed by atoms with Crippen LogP contribution in [0.2, 0.25) is 5.02 Å². The molecule has 23 heavy (non-hydrogen) atoms. The van der Waals surface area contributed by atoms with E-state index in [4.69, 9.17) is 11.6 Å². The molecule has 0 amide bonds. The van der Waals surface area contributed by atoms with Crippen LogP contribution in [0.4, 0.5) is 4.39 Å². The SMILES string of the molecule is Cn1ccnc1C(NCc1cccc(Cl)c1)c1cccc(F)c1. The molecule has 0 saturated carbocycles. The van der Waals surface area contributed by atoms with Crippen molar-refractivity contribution >= 4 is 11.6 Å². The minimum Gasteiger partial charge on any atom is -0.336 e. The van der Waals surface area contributed by atoms with E-state index in [0.717, 1.165) is 17.0 Å². The zero-order chi connectivity index (χ0) is 16.2. The summed E-state index contributed by atoms with van der Waals surface area (Å²) in [6, 6.07) is 14.0. The third-order valence-corrected chi connectivity index (χ3v) is 3.93. The van der Waals surface area contributed by atoms with Gasteiger partial charge < -0.3 is 4.57 Å². The highest BCUT2D eigenvalue weighted by atomic mass is 35.5. The number of aryl methyl sites for hydroxylation is 1. The van der Waals surface area contributed by atoms with E-state index in [9.17, 15) is 4.39 Å². The molecule has 0 aliphatic carbocycles. The molecule has 0 bridgehead atoms. The zero-order valence-corrected chi connectivity index (χ0v) is 13.5. The smallest absolute Gasteiger partial charge is 0.130 e. The molecule has 0 aliphatic heterocycles. The van der Waals surface area contributed by atoms with Gasteiger partial charge in [-0.15, -0.1) is 0 Å². The molecule has 0 fully saturated rings. The van der Waals surface area contributed by atoms with Gasteiger partial charge in [0.05, 0.1) is 6.04 Å². The van der Waals surface area contributed by atoms with E-state index in [1.807, 2.05) is 48.1 Å². The molecule has 1 atom stereocenters. The summed E-state index contributed by atoms with van der Waals surface area (Å²) in [5.74, 6) is 0.573. The van der Waals surface area contributed by atoms with Crippen molar-refractivity contribution in [1.29, 1.82) is 0 Å². The van der Waals surface area contributed by atoms with Gasteiger partial charge in [-0.3, -0.25) is 5.32 Å². The van der Waals surface area contributed by atoms with E-state index in [0.29, 0.717) is 11.6 Å². The number of nitrogens with zero attached hydrogens (tertiary/aromatic N) is 2. The van der Waals surface area contributed by atoms with Gasteiger partial charge in [-0.2, -0.15) is 0 Å². The minimum atomic E-state index is -0.258. The van der Waals surface area contributed by atoms with Crippen LogP contribution in [0.25, 0.3) is 0 Å². The van der Waals surface area contributed by atoms with Gasteiger partial charge in [0, 0.05) is 31.0 Å². The second kappa shape index (κ2) is 6.94. The maximum Gasteiger partial charge on any atom is 0.130 e. The summed E-state index contributed by atoms with van der Waals surface area (Å²) in [5, 5.41) is 4.14. The second-order valence-electron chi connectivity index (χ2n) is 5.40. The molecule has 3 rings (SSSR count). The number of halogens is 2. The Balaban J connectivity index is 1.88. The number of rotatable bonds is 5. The second-order valence-corrected chi connectivity index (χ2v) is 5.83. The monoisotopic (exact) mass is 329 g/mol. The lowest BCUT2D eigenvalue weighted by molar-refractivity contribution is 0.551. The number of hydrogen-bond donors (Lipinski definition) is 1. The van der Waals surface area contributed by atoms with Crippen LogP contribution in [0.5, 0.6) is 0 Å². The molecule has 5 heteroatoms. The first-order chi connectivity index (χ1) is 11.1. The lowest BCUT2D eigenvalue weighted by Crippen LogP contribution is -2.25. The van der Waals surface area contributed by atoms with Gasteiger partial charge in [-0.25, -0.2) is 9.37 Å². The predicted molar refractivity (Wildman–Crippen MR) is 89.7 cm³/mol. The Bertz CT molecular complexity index is 800. The quantitative estimate of drug-likeness (QED) is 0.764. The first-order valence-electron chi connectivity index (χ1n) is 7.34. The van der Waals surface area contributed by atoms with Crippen LogP contribution in [0.15, 0.2) is 60.9 Å². The Hall–Kier alpha value is -2.17. The third-order valence-electron chi connectivity index (χ3n) is 3.70. The van der Waals surface area contributed by atoms with E-state index in [-0.39, 0.29) is 11.9 Å². The summed E-state index contributed by atoms with van der Waals surface area (Å²) in [6.07, 6.45) is 3.62. The Kier molecular flexibility index (Phi) is 4.74. The van der Waals surface area contributed by atoms with E-state index in [1.165, 1.54) is 12.1 Å². The first kappa shape index (κ1) is 15.7. The third kappa shape index (κ3) is 3.78. The number of benzene rings is 2. The molecule has 0 spiro atoms. The van der Waals surface area contributed by atoms with Crippen LogP contribution in [-0.4, -0.2) is 9.55 Å². The zero-order valence-electron chi connectivity index (χ0n) is 12.7. The lowest BCUT2D eigenvalue weighted by Gasteiger charge is -2.19. The van der Waals surface area contributed by atoms with Gasteiger partial charge >= 0.3 is 0 Å². The maximum atomic E-state index is 13.6. The summed E-state index contributed by atoms with van der Waals surface area (Å²) in [4.78, 5) is 4.40. The van der Waals surface area contributed by atoms with Gasteiger partial charge in [-0.1, -0.05) is 35.9 Å². The predicted octanol–water partition coefficient (Wildman–Crippen LogP) is 4.09. The van der Waals surface area contributed by atoms with Crippen molar-refractivity contribution in [2.75, 3.05) is 0 Å². The molecule has 0 saturated heterocycles. The Morgan fingerprint density at radius 3 is 2.74 bits per heavy atom. The van der Waals surface area contributed by atoms with Crippen LogP contribution in [0.1, 0.15) is 23.0 Å². The summed E-state index contributed by atoms with van der Waals surface area (Å²) in [7, 11) is 1.93. The minimum absolute atomic E-state index is 0.204. The molecule has 1 N–H and O–H groups in total. The highest BCUT2D eigenvalue weighted by Crippen LogP contribution is 2.22. The van der Waals surface area contributed by atoms with Gasteiger partial charge in [0.15, 0.2) is 0 Å². The van der Waals surface area contributed by atoms with Gasteiger partial charge in [-0.05, 0) is 35.4 Å². The molecule has 0 aliphatic rings. The van der Waals surface area contributed by atoms with Crippen LogP contribution >= 0.6 is 11.6 Å². The number of hydrogen-bond acceptors (Lipinski definition) is 2. The maximum absolute atomic E-state index is 13.6. The molecule has 3 nitrogen and oxygen atoms in total. The van der Waals surface area contributed by atoms with Crippen molar-refractivity contribution in [1.82, 2.24) is 14.9 Å². The molecular formula is C18H17ClFN3. The highest BCUT2D eigenvalue weighted by molar-refractivity contribution is 6.30. The van der Waals surface area contributed by atoms with Gasteiger partial charge in [0.1, 0.15) is 11.6 Å². The summed E-state index contributed by atoms with van der Waals surface area (Å²) in [6.45, 7) is 0.606. The highest BCUT2D eigenvalue weighted by Gasteiger charge is 2.18. The molecule has 1 unspecified atom stereocenters. The van der Waals surface area contributed by atoms with E-state index in [1.54, 1.807) is 12.3 Å². The topological polar surface area (TPSA) is 29.9 Å². The molecule has 1 heterocycles. The van der Waals surface area contributed by atoms with Crippen molar-refractivity contribution in [3.8, 4) is 0 Å². The fourth-order valence-electron chi connectivity index (χ4n) is 2.57. The Labute approximate surface area is 139 Å². The van der Waals surface area contributed by atoms with Crippen molar-refractivity contribution in [2.45, 2.75) is 12.6 Å². The average molecular weight is 330 g/mol. The fourth-order valence-corrected chi connectivity index (χ4v) is 2.78. The largest absolute Gasteiger partial charge is 0.336 e. The van der Waals surface area contributed by atoms with E-state index >= 15 is 0 Å². The van der Waals surface area contributed by atoms with Crippen LogP contribution < -0.4 is 5.32 Å². The molecule has 1 aromatic heterocycles. The molecule has 3 aromatic rings. The number of nitrogens with one attached hydrogen (secondary N) is 1. The van der Waals surface area contributed by atoms with Crippen LogP contribution in [0.3, 0.4) is 0 Å². The van der Waals surface area contributed by atoms with Crippen molar-refractivity contribution in [2.24, 2.45) is 7.05 Å². The molecule has 0 radical (unpaired) electrons. The normalized spacial score (nSPS) is 12.3. The number of aromatic nitrogens is 2. The molecular weight excluding hydrogens is 313 g/mol. The average Bonchev–Trinajstić information content (AvgIpc) is 2.94. The van der Waals surface area contributed by atoms with E-state index < -0.39 is 0 Å². The summed E-state index contributed by atoms with van der Waals surface area (Å²) in [5.41, 5.74) is 1.90. The van der Waals surface area contributed by atoms with Crippen LogP contribution in [0, 0.1) is 5.82 Å². The molecule has 2 aromatic carbocycles. The van der Waals surface area contributed by atoms with E-state index in [2.05, 4.69) is 10.3 Å². The van der Waals surface area contributed by atoms with Crippen molar-refractivity contribution in [3.63, 3.8) is 0 Å². The van der Waals surface area contributed by atoms with Gasteiger partial charge in [0.2, 0.25) is 0 Å². The fraction of sp³-hybridized carbons (Fsp3) is 0.167. The van der Waals surface area contributed by atoms with Gasteiger partial charge in [0.25, 0.3) is 0 Å². The van der Waals surface area contributed by atoms with Crippen LogP contribution in [-0.2, 0) is 13.6 Å². The van der Waals surface area contributed by atoms with Crippen molar-refractivity contribution in [3.05, 3.63) is 88.7 Å². The molecule has 118 valence electrons. The Morgan fingerprint density at radius 1 is 1.22 bits per heavy atom. The first-order valence-corrected chi connectivity index (χ1v) is 7.72. The standard InChI is InChI=1S/C18H17ClFN3/c1-23-9-8-21-18(23)17(14-5-3-7-16(20)11-14)22-12-13-4-2-6-15(19)10-13/h2-11,17,22H,12H2,1H3. The lowest BCUT2D eigenvalue weighted by atomic mass is 10.1. The Morgan fingerprint density at radius 2 is 2.04 bits per heavy atom. The number of imidazole rings is 1. The summed E-state index contributed by atoms with van der Waals surface area (Å²) < 4.78 is 15.5. The summed E-state index contributed by atoms with van der Waals surface area (Å²) >= 11 is 6.03.